The molecule has 2 fully saturated rings. The summed E-state index contributed by atoms with van der Waals surface area (Å²) in [5.41, 5.74) is 0.778. The standard InChI is InChI=1S/C17H25FN2O/c1-2-19-15(13-6-3-4-7-14(13)18)12-20-10-11-21-17-9-5-8-16(17)20/h3-4,6-7,15-17,19H,2,5,8-12H2,1H3. The SMILES string of the molecule is CCNC(CN1CCOC2CCCC21)c1ccccc1F. The van der Waals surface area contributed by atoms with E-state index in [4.69, 9.17) is 4.74 Å². The van der Waals surface area contributed by atoms with Gasteiger partial charge in [0, 0.05) is 30.7 Å². The van der Waals surface area contributed by atoms with E-state index in [1.165, 1.54) is 19.3 Å². The first-order valence-corrected chi connectivity index (χ1v) is 8.13. The van der Waals surface area contributed by atoms with Crippen molar-refractivity contribution in [3.8, 4) is 0 Å². The normalized spacial score (nSPS) is 27.5. The number of hydrogen-bond donors (Lipinski definition) is 1. The molecule has 1 aliphatic heterocycles. The highest BCUT2D eigenvalue weighted by Crippen LogP contribution is 2.31. The molecule has 2 aliphatic rings. The van der Waals surface area contributed by atoms with E-state index in [0.717, 1.165) is 31.8 Å². The second-order valence-electron chi connectivity index (χ2n) is 6.03. The molecule has 116 valence electrons. The van der Waals surface area contributed by atoms with E-state index < -0.39 is 0 Å². The van der Waals surface area contributed by atoms with Gasteiger partial charge in [-0.05, 0) is 31.9 Å². The molecule has 1 aliphatic carbocycles. The maximum Gasteiger partial charge on any atom is 0.128 e. The van der Waals surface area contributed by atoms with Crippen molar-refractivity contribution >= 4 is 0 Å². The van der Waals surface area contributed by atoms with Gasteiger partial charge in [0.2, 0.25) is 0 Å². The Hall–Kier alpha value is -0.970. The van der Waals surface area contributed by atoms with Crippen LogP contribution in [0.2, 0.25) is 0 Å². The molecule has 1 aromatic rings. The lowest BCUT2D eigenvalue weighted by Crippen LogP contribution is -2.51. The molecular formula is C17H25FN2O. The molecule has 21 heavy (non-hydrogen) atoms. The Morgan fingerprint density at radius 1 is 1.38 bits per heavy atom. The first-order valence-electron chi connectivity index (χ1n) is 8.13. The first-order chi connectivity index (χ1) is 10.3. The molecule has 3 rings (SSSR count). The minimum atomic E-state index is -0.111. The van der Waals surface area contributed by atoms with Crippen LogP contribution in [0, 0.1) is 5.82 Å². The average Bonchev–Trinajstić information content (AvgIpc) is 2.97. The van der Waals surface area contributed by atoms with Gasteiger partial charge < -0.3 is 10.1 Å². The smallest absolute Gasteiger partial charge is 0.128 e. The van der Waals surface area contributed by atoms with Crippen molar-refractivity contribution in [2.24, 2.45) is 0 Å². The van der Waals surface area contributed by atoms with Crippen molar-refractivity contribution in [2.45, 2.75) is 44.4 Å². The minimum absolute atomic E-state index is 0.0514. The lowest BCUT2D eigenvalue weighted by atomic mass is 10.0. The van der Waals surface area contributed by atoms with Crippen LogP contribution in [-0.4, -0.2) is 43.3 Å². The van der Waals surface area contributed by atoms with Gasteiger partial charge in [-0.15, -0.1) is 0 Å². The summed E-state index contributed by atoms with van der Waals surface area (Å²) in [6.07, 6.45) is 4.02. The molecule has 0 radical (unpaired) electrons. The van der Waals surface area contributed by atoms with E-state index in [0.29, 0.717) is 12.1 Å². The predicted octanol–water partition coefficient (Wildman–Crippen LogP) is 2.73. The van der Waals surface area contributed by atoms with E-state index in [2.05, 4.69) is 17.1 Å². The molecular weight excluding hydrogens is 267 g/mol. The maximum absolute atomic E-state index is 14.1. The Balaban J connectivity index is 1.74. The number of halogens is 1. The van der Waals surface area contributed by atoms with Crippen LogP contribution in [-0.2, 0) is 4.74 Å². The van der Waals surface area contributed by atoms with Crippen LogP contribution < -0.4 is 5.32 Å². The largest absolute Gasteiger partial charge is 0.375 e. The van der Waals surface area contributed by atoms with Gasteiger partial charge in [-0.3, -0.25) is 4.90 Å². The zero-order valence-corrected chi connectivity index (χ0v) is 12.7. The van der Waals surface area contributed by atoms with Crippen molar-refractivity contribution in [1.82, 2.24) is 10.2 Å². The highest BCUT2D eigenvalue weighted by molar-refractivity contribution is 5.21. The number of likely N-dealkylation sites (N-methyl/N-ethyl adjacent to an activating group) is 1. The molecule has 0 bridgehead atoms. The number of nitrogens with one attached hydrogen (secondary N) is 1. The number of morpholine rings is 1. The summed E-state index contributed by atoms with van der Waals surface area (Å²) in [5.74, 6) is -0.111. The number of ether oxygens (including phenoxy) is 1. The Bertz CT molecular complexity index is 468. The molecule has 0 amide bonds. The molecule has 1 aromatic carbocycles. The molecule has 3 atom stereocenters. The van der Waals surface area contributed by atoms with Gasteiger partial charge in [0.05, 0.1) is 12.7 Å². The number of nitrogens with zero attached hydrogens (tertiary/aromatic N) is 1. The molecule has 4 heteroatoms. The zero-order chi connectivity index (χ0) is 14.7. The minimum Gasteiger partial charge on any atom is -0.375 e. The second kappa shape index (κ2) is 6.86. The van der Waals surface area contributed by atoms with Crippen LogP contribution >= 0.6 is 0 Å². The molecule has 3 unspecified atom stereocenters. The fraction of sp³-hybridized carbons (Fsp3) is 0.647. The summed E-state index contributed by atoms with van der Waals surface area (Å²) in [7, 11) is 0. The molecule has 1 N–H and O–H groups in total. The highest BCUT2D eigenvalue weighted by Gasteiger charge is 2.37. The van der Waals surface area contributed by atoms with Crippen molar-refractivity contribution < 1.29 is 9.13 Å². The summed E-state index contributed by atoms with van der Waals surface area (Å²) in [4.78, 5) is 2.50. The maximum atomic E-state index is 14.1. The van der Waals surface area contributed by atoms with E-state index in [-0.39, 0.29) is 11.9 Å². The van der Waals surface area contributed by atoms with E-state index in [1.807, 2.05) is 12.1 Å². The van der Waals surface area contributed by atoms with Gasteiger partial charge in [0.15, 0.2) is 0 Å². The third kappa shape index (κ3) is 3.28. The van der Waals surface area contributed by atoms with Crippen molar-refractivity contribution in [3.05, 3.63) is 35.6 Å². The number of fused-ring (bicyclic) bond motifs is 1. The first kappa shape index (κ1) is 14.9. The fourth-order valence-electron chi connectivity index (χ4n) is 3.74. The van der Waals surface area contributed by atoms with Gasteiger partial charge >= 0.3 is 0 Å². The van der Waals surface area contributed by atoms with Gasteiger partial charge in [-0.1, -0.05) is 25.1 Å². The van der Waals surface area contributed by atoms with Gasteiger partial charge in [-0.2, -0.15) is 0 Å². The second-order valence-corrected chi connectivity index (χ2v) is 6.03. The average molecular weight is 292 g/mol. The van der Waals surface area contributed by atoms with Crippen molar-refractivity contribution in [2.75, 3.05) is 26.2 Å². The zero-order valence-electron chi connectivity index (χ0n) is 12.7. The summed E-state index contributed by atoms with van der Waals surface area (Å²) < 4.78 is 20.0. The van der Waals surface area contributed by atoms with E-state index in [1.54, 1.807) is 12.1 Å². The lowest BCUT2D eigenvalue weighted by Gasteiger charge is -2.39. The predicted molar refractivity (Wildman–Crippen MR) is 81.8 cm³/mol. The van der Waals surface area contributed by atoms with E-state index in [9.17, 15) is 4.39 Å². The summed E-state index contributed by atoms with van der Waals surface area (Å²) in [6, 6.07) is 7.69. The lowest BCUT2D eigenvalue weighted by molar-refractivity contribution is -0.0583. The van der Waals surface area contributed by atoms with Crippen LogP contribution in [0.25, 0.3) is 0 Å². The van der Waals surface area contributed by atoms with E-state index >= 15 is 0 Å². The number of hydrogen-bond acceptors (Lipinski definition) is 3. The van der Waals surface area contributed by atoms with Gasteiger partial charge in [-0.25, -0.2) is 4.39 Å². The third-order valence-corrected chi connectivity index (χ3v) is 4.75. The Kier molecular flexibility index (Phi) is 4.88. The Labute approximate surface area is 126 Å². The highest BCUT2D eigenvalue weighted by atomic mass is 19.1. The van der Waals surface area contributed by atoms with Crippen LogP contribution in [0.1, 0.15) is 37.8 Å². The van der Waals surface area contributed by atoms with Crippen LogP contribution in [0.4, 0.5) is 4.39 Å². The third-order valence-electron chi connectivity index (χ3n) is 4.75. The van der Waals surface area contributed by atoms with Gasteiger partial charge in [0.25, 0.3) is 0 Å². The number of benzene rings is 1. The molecule has 1 saturated carbocycles. The Morgan fingerprint density at radius 3 is 3.05 bits per heavy atom. The summed E-state index contributed by atoms with van der Waals surface area (Å²) >= 11 is 0. The van der Waals surface area contributed by atoms with Crippen molar-refractivity contribution in [1.29, 1.82) is 0 Å². The summed E-state index contributed by atoms with van der Waals surface area (Å²) in [5, 5.41) is 3.44. The molecule has 0 aromatic heterocycles. The van der Waals surface area contributed by atoms with Crippen LogP contribution in [0.15, 0.2) is 24.3 Å². The molecule has 1 heterocycles. The van der Waals surface area contributed by atoms with Crippen LogP contribution in [0.3, 0.4) is 0 Å². The molecule has 1 saturated heterocycles. The topological polar surface area (TPSA) is 24.5 Å². The molecule has 0 spiro atoms. The van der Waals surface area contributed by atoms with Crippen molar-refractivity contribution in [3.63, 3.8) is 0 Å². The Morgan fingerprint density at radius 2 is 2.24 bits per heavy atom. The summed E-state index contributed by atoms with van der Waals surface area (Å²) in [6.45, 7) is 5.54. The fourth-order valence-corrected chi connectivity index (χ4v) is 3.74. The quantitative estimate of drug-likeness (QED) is 0.903. The molecule has 3 nitrogen and oxygen atoms in total. The van der Waals surface area contributed by atoms with Crippen LogP contribution in [0.5, 0.6) is 0 Å². The van der Waals surface area contributed by atoms with Gasteiger partial charge in [0.1, 0.15) is 5.82 Å². The number of rotatable bonds is 5. The monoisotopic (exact) mass is 292 g/mol.